The minimum absolute atomic E-state index is 0.269. The third-order valence-electron chi connectivity index (χ3n) is 3.37. The van der Waals surface area contributed by atoms with Crippen LogP contribution >= 0.6 is 0 Å². The first-order valence-corrected chi connectivity index (χ1v) is 6.69. The van der Waals surface area contributed by atoms with Gasteiger partial charge < -0.3 is 4.74 Å². The van der Waals surface area contributed by atoms with Crippen LogP contribution in [0.1, 0.15) is 5.56 Å². The largest absolute Gasteiger partial charge is 0.573 e. The summed E-state index contributed by atoms with van der Waals surface area (Å²) in [6.07, 6.45) is -4.74. The van der Waals surface area contributed by atoms with Crippen LogP contribution in [-0.2, 0) is 0 Å². The third-order valence-corrected chi connectivity index (χ3v) is 3.37. The molecule has 0 saturated heterocycles. The van der Waals surface area contributed by atoms with Gasteiger partial charge in [0.15, 0.2) is 0 Å². The molecule has 4 nitrogen and oxygen atoms in total. The van der Waals surface area contributed by atoms with E-state index in [1.54, 1.807) is 24.3 Å². The van der Waals surface area contributed by atoms with Gasteiger partial charge in [-0.25, -0.2) is 5.10 Å². The minimum Gasteiger partial charge on any atom is -0.406 e. The molecule has 3 aromatic rings. The van der Waals surface area contributed by atoms with Gasteiger partial charge in [-0.15, -0.1) is 13.2 Å². The molecule has 0 spiro atoms. The normalized spacial score (nSPS) is 11.7. The van der Waals surface area contributed by atoms with Gasteiger partial charge in [-0.3, -0.25) is 4.79 Å². The van der Waals surface area contributed by atoms with Crippen LogP contribution in [0.25, 0.3) is 22.0 Å². The number of fused-ring (bicyclic) bond motifs is 1. The van der Waals surface area contributed by atoms with E-state index in [1.165, 1.54) is 25.1 Å². The van der Waals surface area contributed by atoms with Crippen LogP contribution in [0.4, 0.5) is 13.2 Å². The Bertz CT molecular complexity index is 932. The van der Waals surface area contributed by atoms with E-state index < -0.39 is 6.36 Å². The molecule has 0 aliphatic carbocycles. The van der Waals surface area contributed by atoms with Crippen molar-refractivity contribution in [1.29, 1.82) is 0 Å². The number of aromatic nitrogens is 2. The predicted octanol–water partition coefficient (Wildman–Crippen LogP) is 3.80. The molecule has 0 atom stereocenters. The van der Waals surface area contributed by atoms with Crippen LogP contribution in [0.2, 0.25) is 0 Å². The number of halogens is 3. The Labute approximate surface area is 128 Å². The van der Waals surface area contributed by atoms with Crippen LogP contribution in [0, 0.1) is 6.92 Å². The third kappa shape index (κ3) is 3.03. The van der Waals surface area contributed by atoms with Crippen LogP contribution in [0.5, 0.6) is 5.75 Å². The smallest absolute Gasteiger partial charge is 0.406 e. The van der Waals surface area contributed by atoms with E-state index in [2.05, 4.69) is 14.9 Å². The molecule has 1 N–H and O–H groups in total. The number of alkyl halides is 3. The fourth-order valence-corrected chi connectivity index (χ4v) is 2.37. The zero-order valence-corrected chi connectivity index (χ0v) is 11.9. The van der Waals surface area contributed by atoms with E-state index in [4.69, 9.17) is 0 Å². The number of nitrogens with zero attached hydrogens (tertiary/aromatic N) is 1. The Hall–Kier alpha value is -2.83. The van der Waals surface area contributed by atoms with Crippen molar-refractivity contribution in [2.75, 3.05) is 0 Å². The first kappa shape index (κ1) is 15.1. The molecule has 118 valence electrons. The van der Waals surface area contributed by atoms with E-state index in [0.717, 1.165) is 0 Å². The molecule has 0 aliphatic rings. The summed E-state index contributed by atoms with van der Waals surface area (Å²) < 4.78 is 40.9. The summed E-state index contributed by atoms with van der Waals surface area (Å²) in [7, 11) is 0. The second-order valence-corrected chi connectivity index (χ2v) is 4.98. The number of ether oxygens (including phenoxy) is 1. The van der Waals surface area contributed by atoms with E-state index in [1.807, 2.05) is 0 Å². The molecule has 2 aromatic carbocycles. The number of aromatic amines is 1. The number of hydrogen-bond acceptors (Lipinski definition) is 3. The standard InChI is InChI=1S/C16H11F3N2O2/c1-9-8-10(6-7-13(9)23-16(17,18)19)14-11-4-2-3-5-12(11)15(22)21-20-14/h2-8H,1H3,(H,21,22). The summed E-state index contributed by atoms with van der Waals surface area (Å²) >= 11 is 0. The Morgan fingerprint density at radius 3 is 2.43 bits per heavy atom. The van der Waals surface area contributed by atoms with Crippen LogP contribution < -0.4 is 10.3 Å². The van der Waals surface area contributed by atoms with Gasteiger partial charge in [0.2, 0.25) is 0 Å². The molecule has 0 radical (unpaired) electrons. The van der Waals surface area contributed by atoms with Crippen molar-refractivity contribution < 1.29 is 17.9 Å². The van der Waals surface area contributed by atoms with Gasteiger partial charge in [-0.05, 0) is 36.8 Å². The van der Waals surface area contributed by atoms with E-state index >= 15 is 0 Å². The topological polar surface area (TPSA) is 55.0 Å². The lowest BCUT2D eigenvalue weighted by Crippen LogP contribution is -2.17. The monoisotopic (exact) mass is 320 g/mol. The number of aryl methyl sites for hydroxylation is 1. The zero-order chi connectivity index (χ0) is 16.6. The summed E-state index contributed by atoms with van der Waals surface area (Å²) in [6, 6.07) is 11.1. The van der Waals surface area contributed by atoms with E-state index in [9.17, 15) is 18.0 Å². The zero-order valence-electron chi connectivity index (χ0n) is 11.9. The molecule has 0 saturated carbocycles. The number of nitrogens with one attached hydrogen (secondary N) is 1. The van der Waals surface area contributed by atoms with Crippen molar-refractivity contribution in [3.63, 3.8) is 0 Å². The quantitative estimate of drug-likeness (QED) is 0.781. The number of hydrogen-bond donors (Lipinski definition) is 1. The molecule has 7 heteroatoms. The van der Waals surface area contributed by atoms with Crippen molar-refractivity contribution in [3.8, 4) is 17.0 Å². The van der Waals surface area contributed by atoms with E-state index in [0.29, 0.717) is 27.6 Å². The number of benzene rings is 2. The molecule has 23 heavy (non-hydrogen) atoms. The van der Waals surface area contributed by atoms with Gasteiger partial charge >= 0.3 is 6.36 Å². The molecule has 1 heterocycles. The summed E-state index contributed by atoms with van der Waals surface area (Å²) in [5.74, 6) is -0.269. The molecule has 0 fully saturated rings. The summed E-state index contributed by atoms with van der Waals surface area (Å²) in [5, 5.41) is 7.51. The van der Waals surface area contributed by atoms with Gasteiger partial charge in [0.25, 0.3) is 5.56 Å². The second kappa shape index (κ2) is 5.42. The van der Waals surface area contributed by atoms with Crippen molar-refractivity contribution in [2.24, 2.45) is 0 Å². The molecule has 3 rings (SSSR count). The second-order valence-electron chi connectivity index (χ2n) is 4.98. The molecular weight excluding hydrogens is 309 g/mol. The van der Waals surface area contributed by atoms with Gasteiger partial charge in [0.05, 0.1) is 11.1 Å². The van der Waals surface area contributed by atoms with Crippen molar-refractivity contribution in [1.82, 2.24) is 10.2 Å². The van der Waals surface area contributed by atoms with Crippen LogP contribution in [0.3, 0.4) is 0 Å². The highest BCUT2D eigenvalue weighted by molar-refractivity contribution is 5.93. The van der Waals surface area contributed by atoms with Crippen LogP contribution in [-0.4, -0.2) is 16.6 Å². The summed E-state index contributed by atoms with van der Waals surface area (Å²) in [5.41, 5.74) is 1.07. The lowest BCUT2D eigenvalue weighted by atomic mass is 10.0. The van der Waals surface area contributed by atoms with Gasteiger partial charge in [-0.1, -0.05) is 18.2 Å². The highest BCUT2D eigenvalue weighted by Gasteiger charge is 2.31. The highest BCUT2D eigenvalue weighted by atomic mass is 19.4. The Balaban J connectivity index is 2.12. The molecular formula is C16H11F3N2O2. The first-order valence-electron chi connectivity index (χ1n) is 6.69. The maximum absolute atomic E-state index is 12.3. The maximum atomic E-state index is 12.3. The fourth-order valence-electron chi connectivity index (χ4n) is 2.37. The van der Waals surface area contributed by atoms with Crippen molar-refractivity contribution >= 4 is 10.8 Å². The average Bonchev–Trinajstić information content (AvgIpc) is 2.49. The van der Waals surface area contributed by atoms with Crippen molar-refractivity contribution in [3.05, 3.63) is 58.4 Å². The van der Waals surface area contributed by atoms with Crippen molar-refractivity contribution in [2.45, 2.75) is 13.3 Å². The Kier molecular flexibility index (Phi) is 3.55. The fraction of sp³-hybridized carbons (Fsp3) is 0.125. The molecule has 1 aromatic heterocycles. The number of H-pyrrole nitrogens is 1. The molecule has 0 aliphatic heterocycles. The Morgan fingerprint density at radius 1 is 1.09 bits per heavy atom. The Morgan fingerprint density at radius 2 is 1.78 bits per heavy atom. The summed E-state index contributed by atoms with van der Waals surface area (Å²) in [4.78, 5) is 11.8. The lowest BCUT2D eigenvalue weighted by Gasteiger charge is -2.12. The van der Waals surface area contributed by atoms with Gasteiger partial charge in [0.1, 0.15) is 5.75 Å². The average molecular weight is 320 g/mol. The maximum Gasteiger partial charge on any atom is 0.573 e. The highest BCUT2D eigenvalue weighted by Crippen LogP contribution is 2.31. The van der Waals surface area contributed by atoms with Gasteiger partial charge in [0, 0.05) is 10.9 Å². The lowest BCUT2D eigenvalue weighted by molar-refractivity contribution is -0.274. The van der Waals surface area contributed by atoms with Gasteiger partial charge in [-0.2, -0.15) is 5.10 Å². The first-order chi connectivity index (χ1) is 10.8. The summed E-state index contributed by atoms with van der Waals surface area (Å²) in [6.45, 7) is 1.51. The molecule has 0 amide bonds. The minimum atomic E-state index is -4.74. The van der Waals surface area contributed by atoms with E-state index in [-0.39, 0.29) is 11.3 Å². The molecule has 0 unspecified atom stereocenters. The molecule has 0 bridgehead atoms. The van der Waals surface area contributed by atoms with Crippen LogP contribution in [0.15, 0.2) is 47.3 Å². The number of rotatable bonds is 2. The predicted molar refractivity (Wildman–Crippen MR) is 79.2 cm³/mol. The SMILES string of the molecule is Cc1cc(-c2n[nH]c(=O)c3ccccc23)ccc1OC(F)(F)F.